The topological polar surface area (TPSA) is 65.1 Å². The molecule has 2 aliphatic heterocycles. The third-order valence-electron chi connectivity index (χ3n) is 6.83. The molecule has 0 aromatic heterocycles. The molecule has 2 aromatic carbocycles. The fourth-order valence-corrected chi connectivity index (χ4v) is 4.60. The molecular weight excluding hydrogens is 428 g/mol. The number of anilines is 2. The number of piperidine rings is 1. The lowest BCUT2D eigenvalue weighted by Crippen LogP contribution is -2.52. The highest BCUT2D eigenvalue weighted by molar-refractivity contribution is 5.94. The number of carbonyl (C=O) groups is 2. The van der Waals surface area contributed by atoms with Crippen molar-refractivity contribution >= 4 is 23.3 Å². The molecule has 0 spiro atoms. The van der Waals surface area contributed by atoms with E-state index in [1.165, 1.54) is 0 Å². The molecule has 0 aliphatic carbocycles. The molecule has 0 radical (unpaired) electrons. The van der Waals surface area contributed by atoms with Crippen LogP contribution in [0.4, 0.5) is 16.2 Å². The summed E-state index contributed by atoms with van der Waals surface area (Å²) in [5, 5.41) is 3.07. The van der Waals surface area contributed by atoms with Gasteiger partial charge in [-0.25, -0.2) is 4.79 Å². The molecule has 0 bridgehead atoms. The lowest BCUT2D eigenvalue weighted by Gasteiger charge is -2.39. The van der Waals surface area contributed by atoms with Gasteiger partial charge in [0.15, 0.2) is 0 Å². The Kier molecular flexibility index (Phi) is 7.29. The number of likely N-dealkylation sites (tertiary alicyclic amines) is 1. The van der Waals surface area contributed by atoms with Crippen LogP contribution in [0.3, 0.4) is 0 Å². The fraction of sp³-hybridized carbons (Fsp3) is 0.481. The second kappa shape index (κ2) is 10.4. The highest BCUT2D eigenvalue weighted by Gasteiger charge is 2.34. The van der Waals surface area contributed by atoms with Crippen molar-refractivity contribution in [1.82, 2.24) is 10.2 Å². The van der Waals surface area contributed by atoms with Crippen LogP contribution in [-0.4, -0.2) is 56.7 Å². The Labute approximate surface area is 202 Å². The summed E-state index contributed by atoms with van der Waals surface area (Å²) in [7, 11) is 4.02. The normalized spacial score (nSPS) is 18.2. The van der Waals surface area contributed by atoms with Crippen LogP contribution < -0.4 is 19.9 Å². The molecule has 34 heavy (non-hydrogen) atoms. The van der Waals surface area contributed by atoms with E-state index < -0.39 is 0 Å². The largest absolute Gasteiger partial charge is 0.486 e. The van der Waals surface area contributed by atoms with Crippen LogP contribution in [0.25, 0.3) is 0 Å². The number of hydrogen-bond acceptors (Lipinski definition) is 4. The molecule has 1 fully saturated rings. The fourth-order valence-electron chi connectivity index (χ4n) is 4.60. The first kappa shape index (κ1) is 23.9. The van der Waals surface area contributed by atoms with Gasteiger partial charge in [0.1, 0.15) is 11.9 Å². The monoisotopic (exact) mass is 464 g/mol. The second-order valence-corrected chi connectivity index (χ2v) is 9.55. The lowest BCUT2D eigenvalue weighted by molar-refractivity contribution is -0.126. The minimum atomic E-state index is -0.0623. The number of aryl methyl sites for hydroxylation is 1. The number of nitrogens with zero attached hydrogens (tertiary/aromatic N) is 3. The maximum atomic E-state index is 13.4. The van der Waals surface area contributed by atoms with Crippen LogP contribution in [0.1, 0.15) is 37.3 Å². The molecular formula is C27H36N4O3. The third-order valence-corrected chi connectivity index (χ3v) is 6.83. The number of rotatable bonds is 5. The van der Waals surface area contributed by atoms with E-state index in [0.717, 1.165) is 34.7 Å². The zero-order valence-corrected chi connectivity index (χ0v) is 20.7. The van der Waals surface area contributed by atoms with Crippen LogP contribution >= 0.6 is 0 Å². The van der Waals surface area contributed by atoms with Crippen molar-refractivity contribution in [3.05, 3.63) is 53.6 Å². The van der Waals surface area contributed by atoms with Gasteiger partial charge in [0.25, 0.3) is 0 Å². The van der Waals surface area contributed by atoms with Crippen molar-refractivity contribution in [3.63, 3.8) is 0 Å². The minimum absolute atomic E-state index is 0.00531. The van der Waals surface area contributed by atoms with Crippen molar-refractivity contribution < 1.29 is 14.3 Å². The Morgan fingerprint density at radius 2 is 1.79 bits per heavy atom. The summed E-state index contributed by atoms with van der Waals surface area (Å²) in [5.41, 5.74) is 4.16. The van der Waals surface area contributed by atoms with Gasteiger partial charge >= 0.3 is 6.03 Å². The van der Waals surface area contributed by atoms with Crippen molar-refractivity contribution in [3.8, 4) is 5.75 Å². The Bertz CT molecular complexity index is 1010. The number of ether oxygens (including phenoxy) is 1. The first-order chi connectivity index (χ1) is 16.4. The van der Waals surface area contributed by atoms with Gasteiger partial charge in [-0.2, -0.15) is 0 Å². The molecule has 2 aliphatic rings. The van der Waals surface area contributed by atoms with E-state index in [-0.39, 0.29) is 24.0 Å². The number of fused-ring (bicyclic) bond motifs is 1. The van der Waals surface area contributed by atoms with Crippen LogP contribution in [-0.2, 0) is 11.3 Å². The summed E-state index contributed by atoms with van der Waals surface area (Å²) in [5.74, 6) is 0.778. The van der Waals surface area contributed by atoms with Crippen LogP contribution in [0.5, 0.6) is 5.75 Å². The number of hydrogen-bond donors (Lipinski definition) is 1. The summed E-state index contributed by atoms with van der Waals surface area (Å²) in [6, 6.07) is 14.2. The molecule has 7 nitrogen and oxygen atoms in total. The molecule has 4 rings (SSSR count). The van der Waals surface area contributed by atoms with Gasteiger partial charge < -0.3 is 19.9 Å². The van der Waals surface area contributed by atoms with Crippen molar-refractivity contribution in [2.24, 2.45) is 5.92 Å². The van der Waals surface area contributed by atoms with E-state index >= 15 is 0 Å². The Morgan fingerprint density at radius 3 is 2.44 bits per heavy atom. The number of urea groups is 1. The first-order valence-electron chi connectivity index (χ1n) is 12.2. The number of amides is 3. The quantitative estimate of drug-likeness (QED) is 0.721. The average molecular weight is 465 g/mol. The molecule has 7 heteroatoms. The first-order valence-corrected chi connectivity index (χ1v) is 12.2. The molecule has 1 N–H and O–H groups in total. The molecule has 1 saturated heterocycles. The standard InChI is InChI=1S/C27H36N4O3/c1-5-23-18-31(24-16-19(2)6-11-25(24)34-23)27(33)30-14-12-21(13-15-30)26(32)28-17-20-7-9-22(10-8-20)29(3)4/h6-11,16,21,23H,5,12-15,17-18H2,1-4H3,(H,28,32). The van der Waals surface area contributed by atoms with E-state index in [1.807, 2.05) is 61.2 Å². The van der Waals surface area contributed by atoms with Crippen molar-refractivity contribution in [2.45, 2.75) is 45.8 Å². The Morgan fingerprint density at radius 1 is 1.09 bits per heavy atom. The molecule has 3 amide bonds. The van der Waals surface area contributed by atoms with Crippen LogP contribution in [0.2, 0.25) is 0 Å². The highest BCUT2D eigenvalue weighted by Crippen LogP contribution is 2.36. The van der Waals surface area contributed by atoms with Gasteiger partial charge in [-0.05, 0) is 61.6 Å². The second-order valence-electron chi connectivity index (χ2n) is 9.55. The molecule has 1 unspecified atom stereocenters. The SMILES string of the molecule is CCC1CN(C(=O)N2CCC(C(=O)NCc3ccc(N(C)C)cc3)CC2)c2cc(C)ccc2O1. The summed E-state index contributed by atoms with van der Waals surface area (Å²) in [6.07, 6.45) is 2.20. The molecule has 182 valence electrons. The smallest absolute Gasteiger partial charge is 0.324 e. The van der Waals surface area contributed by atoms with Gasteiger partial charge in [-0.1, -0.05) is 25.1 Å². The van der Waals surface area contributed by atoms with E-state index in [1.54, 1.807) is 0 Å². The molecule has 1 atom stereocenters. The van der Waals surface area contributed by atoms with Gasteiger partial charge in [0, 0.05) is 45.3 Å². The molecule has 2 heterocycles. The summed E-state index contributed by atoms with van der Waals surface area (Å²) in [4.78, 5) is 32.0. The third kappa shape index (κ3) is 5.29. The maximum absolute atomic E-state index is 13.4. The summed E-state index contributed by atoms with van der Waals surface area (Å²) in [6.45, 7) is 6.35. The Hall–Kier alpha value is -3.22. The predicted molar refractivity (Wildman–Crippen MR) is 136 cm³/mol. The summed E-state index contributed by atoms with van der Waals surface area (Å²) < 4.78 is 6.07. The zero-order chi connectivity index (χ0) is 24.2. The Balaban J connectivity index is 1.32. The zero-order valence-electron chi connectivity index (χ0n) is 20.7. The van der Waals surface area contributed by atoms with E-state index in [9.17, 15) is 9.59 Å². The number of nitrogens with one attached hydrogen (secondary N) is 1. The van der Waals surface area contributed by atoms with Crippen molar-refractivity contribution in [2.75, 3.05) is 43.5 Å². The molecule has 0 saturated carbocycles. The average Bonchev–Trinajstić information content (AvgIpc) is 2.86. The maximum Gasteiger partial charge on any atom is 0.324 e. The number of benzene rings is 2. The number of carbonyl (C=O) groups excluding carboxylic acids is 2. The van der Waals surface area contributed by atoms with Gasteiger partial charge in [-0.3, -0.25) is 9.69 Å². The highest BCUT2D eigenvalue weighted by atomic mass is 16.5. The van der Waals surface area contributed by atoms with Gasteiger partial charge in [-0.15, -0.1) is 0 Å². The summed E-state index contributed by atoms with van der Waals surface area (Å²) >= 11 is 0. The molecule has 2 aromatic rings. The van der Waals surface area contributed by atoms with E-state index in [4.69, 9.17) is 4.74 Å². The van der Waals surface area contributed by atoms with Crippen LogP contribution in [0.15, 0.2) is 42.5 Å². The van der Waals surface area contributed by atoms with Gasteiger partial charge in [0.05, 0.1) is 12.2 Å². The van der Waals surface area contributed by atoms with E-state index in [0.29, 0.717) is 39.0 Å². The van der Waals surface area contributed by atoms with Crippen LogP contribution in [0, 0.1) is 12.8 Å². The predicted octanol–water partition coefficient (Wildman–Crippen LogP) is 4.19. The minimum Gasteiger partial charge on any atom is -0.486 e. The van der Waals surface area contributed by atoms with Gasteiger partial charge in [0.2, 0.25) is 5.91 Å². The van der Waals surface area contributed by atoms with E-state index in [2.05, 4.69) is 29.3 Å². The van der Waals surface area contributed by atoms with Crippen molar-refractivity contribution in [1.29, 1.82) is 0 Å². The lowest BCUT2D eigenvalue weighted by atomic mass is 9.96.